The van der Waals surface area contributed by atoms with Crippen LogP contribution in [0.4, 0.5) is 0 Å². The van der Waals surface area contributed by atoms with Crippen molar-refractivity contribution in [2.45, 2.75) is 45.2 Å². The molecule has 2 heterocycles. The van der Waals surface area contributed by atoms with E-state index in [0.717, 1.165) is 49.6 Å². The van der Waals surface area contributed by atoms with E-state index in [0.29, 0.717) is 18.0 Å². The molecule has 1 aromatic heterocycles. The number of hydrogen-bond donors (Lipinski definition) is 1. The molecule has 1 aliphatic heterocycles. The van der Waals surface area contributed by atoms with E-state index in [-0.39, 0.29) is 0 Å². The molecule has 0 amide bonds. The quantitative estimate of drug-likeness (QED) is 0.751. The molecule has 1 saturated heterocycles. The lowest BCUT2D eigenvalue weighted by atomic mass is 10.1. The second kappa shape index (κ2) is 7.81. The van der Waals surface area contributed by atoms with Gasteiger partial charge in [-0.3, -0.25) is 0 Å². The second-order valence-electron chi connectivity index (χ2n) is 6.90. The van der Waals surface area contributed by atoms with Gasteiger partial charge in [0.15, 0.2) is 0 Å². The van der Waals surface area contributed by atoms with Crippen molar-refractivity contribution < 1.29 is 13.3 Å². The van der Waals surface area contributed by atoms with Crippen molar-refractivity contribution in [2.24, 2.45) is 0 Å². The van der Waals surface area contributed by atoms with Crippen LogP contribution in [-0.4, -0.2) is 59.1 Å². The normalized spacial score (nSPS) is 16.9. The van der Waals surface area contributed by atoms with Crippen molar-refractivity contribution in [3.05, 3.63) is 35.2 Å². The summed E-state index contributed by atoms with van der Waals surface area (Å²) in [6.45, 7) is 10.1. The van der Waals surface area contributed by atoms with Gasteiger partial charge in [-0.25, -0.2) is 13.1 Å². The number of tetrazole rings is 1. The van der Waals surface area contributed by atoms with E-state index in [1.54, 1.807) is 16.4 Å². The number of piperazine rings is 1. The van der Waals surface area contributed by atoms with Gasteiger partial charge in [0.2, 0.25) is 15.8 Å². The molecule has 3 rings (SSSR count). The number of hydrogen-bond acceptors (Lipinski definition) is 5. The topological polar surface area (TPSA) is 85.4 Å². The molecular weight excluding hydrogens is 352 g/mol. The number of nitrogens with one attached hydrogen (secondary N) is 1. The van der Waals surface area contributed by atoms with Crippen molar-refractivity contribution in [3.8, 4) is 0 Å². The van der Waals surface area contributed by atoms with E-state index in [1.165, 1.54) is 4.90 Å². The molecule has 0 radical (unpaired) electrons. The number of nitrogens with zero attached hydrogens (tertiary/aromatic N) is 5. The Bertz CT molecular complexity index is 856. The zero-order valence-corrected chi connectivity index (χ0v) is 16.5. The zero-order chi connectivity index (χ0) is 18.7. The smallest absolute Gasteiger partial charge is 0.243 e. The van der Waals surface area contributed by atoms with Gasteiger partial charge in [0, 0.05) is 6.54 Å². The number of benzene rings is 1. The standard InChI is InChI=1S/C17H26N6O2S/c1-4-7-23-17(18-19-20-23)13-21-8-10-22(11-9-21)26(24,25)16-6-5-14(2)15(3)12-16/h5-6,12H,4,7-11,13H2,1-3H3/p+1. The largest absolute Gasteiger partial charge is 0.326 e. The Morgan fingerprint density at radius 2 is 1.88 bits per heavy atom. The molecule has 8 nitrogen and oxygen atoms in total. The first-order valence-electron chi connectivity index (χ1n) is 9.08. The Kier molecular flexibility index (Phi) is 5.69. The first-order chi connectivity index (χ1) is 12.4. The second-order valence-corrected chi connectivity index (χ2v) is 8.83. The van der Waals surface area contributed by atoms with Crippen LogP contribution in [0.1, 0.15) is 30.3 Å². The van der Waals surface area contributed by atoms with E-state index in [4.69, 9.17) is 0 Å². The van der Waals surface area contributed by atoms with Crippen LogP contribution in [0.25, 0.3) is 0 Å². The lowest BCUT2D eigenvalue weighted by Gasteiger charge is -2.31. The van der Waals surface area contributed by atoms with Crippen molar-refractivity contribution >= 4 is 10.0 Å². The van der Waals surface area contributed by atoms with Gasteiger partial charge in [-0.1, -0.05) is 13.0 Å². The van der Waals surface area contributed by atoms with Gasteiger partial charge in [0.25, 0.3) is 0 Å². The van der Waals surface area contributed by atoms with E-state index >= 15 is 0 Å². The average Bonchev–Trinajstić information content (AvgIpc) is 3.05. The fraction of sp³-hybridized carbons (Fsp3) is 0.588. The highest BCUT2D eigenvalue weighted by molar-refractivity contribution is 7.89. The minimum Gasteiger partial charge on any atom is -0.326 e. The molecule has 1 N–H and O–H groups in total. The van der Waals surface area contributed by atoms with Gasteiger partial charge in [-0.15, -0.1) is 5.10 Å². The van der Waals surface area contributed by atoms with Gasteiger partial charge in [0.05, 0.1) is 31.1 Å². The number of quaternary nitrogens is 1. The third kappa shape index (κ3) is 3.94. The number of rotatable bonds is 6. The molecule has 0 unspecified atom stereocenters. The van der Waals surface area contributed by atoms with Crippen LogP contribution in [0.15, 0.2) is 23.1 Å². The molecule has 2 aromatic rings. The van der Waals surface area contributed by atoms with Crippen LogP contribution < -0.4 is 4.90 Å². The Balaban J connectivity index is 1.64. The molecule has 9 heteroatoms. The van der Waals surface area contributed by atoms with E-state index in [9.17, 15) is 8.42 Å². The van der Waals surface area contributed by atoms with Gasteiger partial charge in [0.1, 0.15) is 6.54 Å². The van der Waals surface area contributed by atoms with Gasteiger partial charge >= 0.3 is 0 Å². The molecule has 142 valence electrons. The van der Waals surface area contributed by atoms with Crippen LogP contribution in [-0.2, 0) is 23.1 Å². The van der Waals surface area contributed by atoms with Crippen LogP contribution in [0.5, 0.6) is 0 Å². The molecule has 1 fully saturated rings. The van der Waals surface area contributed by atoms with Crippen LogP contribution in [0, 0.1) is 13.8 Å². The van der Waals surface area contributed by atoms with Crippen LogP contribution in [0.3, 0.4) is 0 Å². The number of aryl methyl sites for hydroxylation is 3. The van der Waals surface area contributed by atoms with Crippen molar-refractivity contribution in [3.63, 3.8) is 0 Å². The van der Waals surface area contributed by atoms with Gasteiger partial charge in [-0.2, -0.15) is 4.31 Å². The molecule has 0 atom stereocenters. The minimum absolute atomic E-state index is 0.385. The Hall–Kier alpha value is -1.84. The monoisotopic (exact) mass is 379 g/mol. The summed E-state index contributed by atoms with van der Waals surface area (Å²) in [5, 5.41) is 11.9. The first-order valence-corrected chi connectivity index (χ1v) is 10.5. The molecule has 0 bridgehead atoms. The summed E-state index contributed by atoms with van der Waals surface area (Å²) >= 11 is 0. The maximum Gasteiger partial charge on any atom is 0.243 e. The van der Waals surface area contributed by atoms with Crippen LogP contribution >= 0.6 is 0 Å². The predicted octanol–water partition coefficient (Wildman–Crippen LogP) is -0.211. The van der Waals surface area contributed by atoms with Crippen molar-refractivity contribution in [2.75, 3.05) is 26.2 Å². The third-order valence-electron chi connectivity index (χ3n) is 5.00. The first kappa shape index (κ1) is 18.9. The fourth-order valence-corrected chi connectivity index (χ4v) is 4.73. The minimum atomic E-state index is -3.43. The lowest BCUT2D eigenvalue weighted by Crippen LogP contribution is -3.13. The lowest BCUT2D eigenvalue weighted by molar-refractivity contribution is -0.918. The highest BCUT2D eigenvalue weighted by atomic mass is 32.2. The third-order valence-corrected chi connectivity index (χ3v) is 6.89. The summed E-state index contributed by atoms with van der Waals surface area (Å²) in [5.74, 6) is 0.868. The highest BCUT2D eigenvalue weighted by Gasteiger charge is 2.31. The maximum absolute atomic E-state index is 12.9. The summed E-state index contributed by atoms with van der Waals surface area (Å²) in [5.41, 5.74) is 2.10. The Labute approximate surface area is 154 Å². The van der Waals surface area contributed by atoms with E-state index < -0.39 is 10.0 Å². The van der Waals surface area contributed by atoms with E-state index in [2.05, 4.69) is 22.4 Å². The molecule has 0 saturated carbocycles. The highest BCUT2D eigenvalue weighted by Crippen LogP contribution is 2.19. The molecule has 0 spiro atoms. The molecule has 1 aromatic carbocycles. The van der Waals surface area contributed by atoms with Crippen molar-refractivity contribution in [1.29, 1.82) is 0 Å². The summed E-state index contributed by atoms with van der Waals surface area (Å²) in [4.78, 5) is 1.69. The van der Waals surface area contributed by atoms with Crippen LogP contribution in [0.2, 0.25) is 0 Å². The Morgan fingerprint density at radius 3 is 2.54 bits per heavy atom. The average molecular weight is 380 g/mol. The number of aromatic nitrogens is 4. The molecule has 0 aliphatic carbocycles. The molecule has 26 heavy (non-hydrogen) atoms. The van der Waals surface area contributed by atoms with Gasteiger partial charge < -0.3 is 4.90 Å². The SMILES string of the molecule is CCCn1nnnc1C[NH+]1CCN(S(=O)(=O)c2ccc(C)c(C)c2)CC1. The maximum atomic E-state index is 12.9. The summed E-state index contributed by atoms with van der Waals surface area (Å²) in [7, 11) is -3.43. The Morgan fingerprint density at radius 1 is 1.15 bits per heavy atom. The summed E-state index contributed by atoms with van der Waals surface area (Å²) in [6, 6.07) is 5.34. The summed E-state index contributed by atoms with van der Waals surface area (Å²) < 4.78 is 29.2. The van der Waals surface area contributed by atoms with Gasteiger partial charge in [-0.05, 0) is 54.0 Å². The summed E-state index contributed by atoms with van der Waals surface area (Å²) in [6.07, 6.45) is 0.982. The molecule has 1 aliphatic rings. The fourth-order valence-electron chi connectivity index (χ4n) is 3.20. The number of sulfonamides is 1. The van der Waals surface area contributed by atoms with E-state index in [1.807, 2.05) is 24.6 Å². The predicted molar refractivity (Wildman–Crippen MR) is 97.2 cm³/mol. The zero-order valence-electron chi connectivity index (χ0n) is 15.6. The van der Waals surface area contributed by atoms with Crippen molar-refractivity contribution in [1.82, 2.24) is 24.5 Å². The molecular formula is C17H27N6O2S+.